The first-order chi connectivity index (χ1) is 15.3. The lowest BCUT2D eigenvalue weighted by molar-refractivity contribution is 0.0693. The lowest BCUT2D eigenvalue weighted by Gasteiger charge is -2.14. The molecule has 1 aromatic heterocycles. The summed E-state index contributed by atoms with van der Waals surface area (Å²) >= 11 is 12.0. The van der Waals surface area contributed by atoms with Crippen molar-refractivity contribution >= 4 is 52.0 Å². The Labute approximate surface area is 197 Å². The lowest BCUT2D eigenvalue weighted by atomic mass is 10.1. The molecule has 0 saturated heterocycles. The van der Waals surface area contributed by atoms with Crippen molar-refractivity contribution < 1.29 is 9.53 Å². The zero-order valence-electron chi connectivity index (χ0n) is 18.0. The first-order valence-electron chi connectivity index (χ1n) is 10.3. The van der Waals surface area contributed by atoms with E-state index in [1.807, 2.05) is 24.3 Å². The topological polar surface area (TPSA) is 44.1 Å². The molecule has 1 heterocycles. The highest BCUT2D eigenvalue weighted by Crippen LogP contribution is 2.28. The fraction of sp³-hybridized carbons (Fsp3) is 0.154. The van der Waals surface area contributed by atoms with E-state index in [1.165, 1.54) is 0 Å². The molecular formula is C26H22Cl2N2O2. The Bertz CT molecular complexity index is 1300. The van der Waals surface area contributed by atoms with E-state index >= 15 is 0 Å². The van der Waals surface area contributed by atoms with Crippen LogP contribution in [0.2, 0.25) is 10.0 Å². The molecule has 0 atom stereocenters. The first kappa shape index (κ1) is 22.1. The predicted molar refractivity (Wildman–Crippen MR) is 131 cm³/mol. The minimum Gasteiger partial charge on any atom is -0.422 e. The number of benzene rings is 3. The maximum atomic E-state index is 12.9. The highest BCUT2D eigenvalue weighted by molar-refractivity contribution is 6.31. The molecule has 6 heteroatoms. The van der Waals surface area contributed by atoms with E-state index in [1.54, 1.807) is 42.5 Å². The second-order valence-electron chi connectivity index (χ2n) is 7.84. The average Bonchev–Trinajstić information content (AvgIpc) is 3.11. The Kier molecular flexibility index (Phi) is 6.35. The molecule has 0 unspecified atom stereocenters. The summed E-state index contributed by atoms with van der Waals surface area (Å²) in [5.41, 5.74) is 4.19. The number of hydrogen-bond acceptors (Lipinski definition) is 3. The summed E-state index contributed by atoms with van der Waals surface area (Å²) in [6.45, 7) is 6.25. The van der Waals surface area contributed by atoms with Gasteiger partial charge in [-0.1, -0.05) is 29.3 Å². The number of halogens is 2. The summed E-state index contributed by atoms with van der Waals surface area (Å²) in [6, 6.07) is 20.0. The van der Waals surface area contributed by atoms with Crippen molar-refractivity contribution in [1.82, 2.24) is 9.55 Å². The van der Waals surface area contributed by atoms with Gasteiger partial charge in [-0.15, -0.1) is 0 Å². The molecule has 162 valence electrons. The highest BCUT2D eigenvalue weighted by atomic mass is 35.5. The first-order valence-corrected chi connectivity index (χ1v) is 11.0. The standard InChI is InChI=1S/C26H22Cl2N2O2/c1-16(2)30-23-14-17(3)4-13-22(23)29-25(30)15-24(18-5-9-20(27)10-6-18)32-26(31)19-7-11-21(28)12-8-19/h4-16H,1-3H3. The van der Waals surface area contributed by atoms with Crippen LogP contribution in [0.3, 0.4) is 0 Å². The van der Waals surface area contributed by atoms with Crippen LogP contribution in [0.25, 0.3) is 22.9 Å². The molecule has 4 nitrogen and oxygen atoms in total. The van der Waals surface area contributed by atoms with Crippen LogP contribution >= 0.6 is 23.2 Å². The predicted octanol–water partition coefficient (Wildman–Crippen LogP) is 7.59. The molecule has 0 bridgehead atoms. The molecule has 4 aromatic rings. The third-order valence-electron chi connectivity index (χ3n) is 5.06. The van der Waals surface area contributed by atoms with E-state index < -0.39 is 5.97 Å². The number of fused-ring (bicyclic) bond motifs is 1. The largest absolute Gasteiger partial charge is 0.422 e. The second-order valence-corrected chi connectivity index (χ2v) is 8.71. The molecule has 0 saturated carbocycles. The maximum Gasteiger partial charge on any atom is 0.343 e. The minimum absolute atomic E-state index is 0.159. The van der Waals surface area contributed by atoms with Crippen molar-refractivity contribution in [2.45, 2.75) is 26.8 Å². The van der Waals surface area contributed by atoms with Crippen LogP contribution in [0.1, 0.15) is 47.2 Å². The van der Waals surface area contributed by atoms with Crippen molar-refractivity contribution in [3.05, 3.63) is 99.3 Å². The zero-order valence-corrected chi connectivity index (χ0v) is 19.5. The van der Waals surface area contributed by atoms with Gasteiger partial charge in [0, 0.05) is 27.7 Å². The van der Waals surface area contributed by atoms with Gasteiger partial charge in [0.25, 0.3) is 0 Å². The van der Waals surface area contributed by atoms with Crippen LogP contribution in [0, 0.1) is 6.92 Å². The SMILES string of the molecule is Cc1ccc2nc(C=C(OC(=O)c3ccc(Cl)cc3)c3ccc(Cl)cc3)n(C(C)C)c2c1. The molecule has 3 aromatic carbocycles. The maximum absolute atomic E-state index is 12.9. The van der Waals surface area contributed by atoms with Crippen molar-refractivity contribution in [2.75, 3.05) is 0 Å². The molecule has 0 amide bonds. The highest BCUT2D eigenvalue weighted by Gasteiger charge is 2.17. The molecule has 0 aliphatic heterocycles. The molecule has 0 aliphatic rings. The Morgan fingerprint density at radius 2 is 1.53 bits per heavy atom. The van der Waals surface area contributed by atoms with E-state index in [9.17, 15) is 4.79 Å². The molecular weight excluding hydrogens is 443 g/mol. The van der Waals surface area contributed by atoms with E-state index in [4.69, 9.17) is 32.9 Å². The van der Waals surface area contributed by atoms with Crippen molar-refractivity contribution in [3.63, 3.8) is 0 Å². The molecule has 0 spiro atoms. The number of aryl methyl sites for hydroxylation is 1. The molecule has 32 heavy (non-hydrogen) atoms. The van der Waals surface area contributed by atoms with Crippen molar-refractivity contribution in [3.8, 4) is 0 Å². The van der Waals surface area contributed by atoms with Gasteiger partial charge in [-0.25, -0.2) is 9.78 Å². The summed E-state index contributed by atoms with van der Waals surface area (Å²) in [4.78, 5) is 17.7. The smallest absolute Gasteiger partial charge is 0.343 e. The summed E-state index contributed by atoms with van der Waals surface area (Å²) < 4.78 is 7.98. The number of nitrogens with zero attached hydrogens (tertiary/aromatic N) is 2. The number of carbonyl (C=O) groups excluding carboxylic acids is 1. The number of hydrogen-bond donors (Lipinski definition) is 0. The fourth-order valence-corrected chi connectivity index (χ4v) is 3.77. The van der Waals surface area contributed by atoms with Crippen LogP contribution in [0.5, 0.6) is 0 Å². The van der Waals surface area contributed by atoms with Crippen LogP contribution in [0.4, 0.5) is 0 Å². The number of aromatic nitrogens is 2. The lowest BCUT2D eigenvalue weighted by Crippen LogP contribution is -2.07. The molecule has 0 fully saturated rings. The second kappa shape index (κ2) is 9.19. The summed E-state index contributed by atoms with van der Waals surface area (Å²) in [5, 5.41) is 1.15. The normalized spacial score (nSPS) is 11.9. The van der Waals surface area contributed by atoms with Crippen LogP contribution in [-0.2, 0) is 4.74 Å². The van der Waals surface area contributed by atoms with Gasteiger partial charge in [0.05, 0.1) is 16.6 Å². The minimum atomic E-state index is -0.481. The zero-order chi connectivity index (χ0) is 22.8. The summed E-state index contributed by atoms with van der Waals surface area (Å²) in [5.74, 6) is 0.607. The van der Waals surface area contributed by atoms with Crippen LogP contribution in [-0.4, -0.2) is 15.5 Å². The third-order valence-corrected chi connectivity index (χ3v) is 5.56. The van der Waals surface area contributed by atoms with Crippen molar-refractivity contribution in [2.24, 2.45) is 0 Å². The Hall–Kier alpha value is -3.08. The van der Waals surface area contributed by atoms with Gasteiger partial charge in [-0.05, 0) is 87.0 Å². The van der Waals surface area contributed by atoms with Gasteiger partial charge in [0.2, 0.25) is 0 Å². The van der Waals surface area contributed by atoms with Crippen molar-refractivity contribution in [1.29, 1.82) is 0 Å². The van der Waals surface area contributed by atoms with Gasteiger partial charge in [-0.2, -0.15) is 0 Å². The quantitative estimate of drug-likeness (QED) is 0.225. The number of rotatable bonds is 5. The van der Waals surface area contributed by atoms with E-state index in [-0.39, 0.29) is 6.04 Å². The third kappa shape index (κ3) is 4.72. The fourth-order valence-electron chi connectivity index (χ4n) is 3.51. The van der Waals surface area contributed by atoms with Gasteiger partial charge in [0.1, 0.15) is 11.6 Å². The van der Waals surface area contributed by atoms with E-state index in [0.717, 1.165) is 22.2 Å². The molecule has 0 radical (unpaired) electrons. The van der Waals surface area contributed by atoms with Gasteiger partial charge in [0.15, 0.2) is 0 Å². The van der Waals surface area contributed by atoms with Crippen LogP contribution in [0.15, 0.2) is 66.7 Å². The molecule has 0 aliphatic carbocycles. The Morgan fingerprint density at radius 1 is 0.938 bits per heavy atom. The van der Waals surface area contributed by atoms with Crippen LogP contribution < -0.4 is 0 Å². The van der Waals surface area contributed by atoms with Gasteiger partial charge in [-0.3, -0.25) is 0 Å². The number of carbonyl (C=O) groups is 1. The molecule has 4 rings (SSSR count). The number of imidazole rings is 1. The van der Waals surface area contributed by atoms with Gasteiger partial charge < -0.3 is 9.30 Å². The van der Waals surface area contributed by atoms with E-state index in [2.05, 4.69) is 31.4 Å². The van der Waals surface area contributed by atoms with Gasteiger partial charge >= 0.3 is 5.97 Å². The Balaban J connectivity index is 1.83. The van der Waals surface area contributed by atoms with E-state index in [0.29, 0.717) is 27.2 Å². The summed E-state index contributed by atoms with van der Waals surface area (Å²) in [6.07, 6.45) is 1.80. The average molecular weight is 465 g/mol. The number of ether oxygens (including phenoxy) is 1. The Morgan fingerprint density at radius 3 is 2.12 bits per heavy atom. The number of esters is 1. The summed E-state index contributed by atoms with van der Waals surface area (Å²) in [7, 11) is 0. The molecule has 0 N–H and O–H groups in total. The monoisotopic (exact) mass is 464 g/mol.